The molecule has 1 fully saturated rings. The van der Waals surface area contributed by atoms with Crippen molar-refractivity contribution in [1.29, 1.82) is 0 Å². The Morgan fingerprint density at radius 3 is 2.35 bits per heavy atom. The average molecular weight is 385 g/mol. The van der Waals surface area contributed by atoms with Crippen LogP contribution in [-0.2, 0) is 21.2 Å². The van der Waals surface area contributed by atoms with Crippen LogP contribution in [0, 0.1) is 5.82 Å². The number of hydrogen-bond donors (Lipinski definition) is 1. The van der Waals surface area contributed by atoms with Crippen LogP contribution in [0.3, 0.4) is 0 Å². The maximum Gasteiger partial charge on any atom is 0.221 e. The first kappa shape index (κ1) is 20.8. The second kappa shape index (κ2) is 10.0. The minimum absolute atomic E-state index is 0.0134. The zero-order chi connectivity index (χ0) is 19.0. The van der Waals surface area contributed by atoms with Gasteiger partial charge in [-0.15, -0.1) is 0 Å². The number of benzene rings is 1. The van der Waals surface area contributed by atoms with Crippen LogP contribution >= 0.6 is 0 Å². The summed E-state index contributed by atoms with van der Waals surface area (Å²) in [5, 5.41) is 2.81. The van der Waals surface area contributed by atoms with E-state index in [2.05, 4.69) is 5.32 Å². The molecule has 1 aromatic carbocycles. The van der Waals surface area contributed by atoms with Gasteiger partial charge in [-0.1, -0.05) is 37.8 Å². The average Bonchev–Trinajstić information content (AvgIpc) is 2.85. The van der Waals surface area contributed by atoms with Gasteiger partial charge in [-0.05, 0) is 37.0 Å². The fourth-order valence-electron chi connectivity index (χ4n) is 3.46. The largest absolute Gasteiger partial charge is 0.356 e. The summed E-state index contributed by atoms with van der Waals surface area (Å²) in [6.45, 7) is 0.679. The molecule has 1 amide bonds. The number of amides is 1. The molecule has 0 heterocycles. The molecule has 1 aliphatic carbocycles. The van der Waals surface area contributed by atoms with E-state index in [4.69, 9.17) is 0 Å². The monoisotopic (exact) mass is 384 g/mol. The Morgan fingerprint density at radius 1 is 1.15 bits per heavy atom. The van der Waals surface area contributed by atoms with Gasteiger partial charge in [0.15, 0.2) is 0 Å². The van der Waals surface area contributed by atoms with E-state index < -0.39 is 10.0 Å². The van der Waals surface area contributed by atoms with Crippen LogP contribution < -0.4 is 5.32 Å². The highest BCUT2D eigenvalue weighted by Gasteiger charge is 2.27. The van der Waals surface area contributed by atoms with Gasteiger partial charge in [0.25, 0.3) is 0 Å². The van der Waals surface area contributed by atoms with Gasteiger partial charge in [-0.2, -0.15) is 4.31 Å². The van der Waals surface area contributed by atoms with Crippen LogP contribution in [0.4, 0.5) is 4.39 Å². The zero-order valence-corrected chi connectivity index (χ0v) is 16.2. The summed E-state index contributed by atoms with van der Waals surface area (Å²) in [4.78, 5) is 12.1. The van der Waals surface area contributed by atoms with Crippen molar-refractivity contribution in [3.63, 3.8) is 0 Å². The van der Waals surface area contributed by atoms with Crippen LogP contribution in [0.15, 0.2) is 24.3 Å². The van der Waals surface area contributed by atoms with Crippen LogP contribution in [-0.4, -0.2) is 44.0 Å². The first-order chi connectivity index (χ1) is 12.4. The molecule has 146 valence electrons. The van der Waals surface area contributed by atoms with E-state index in [0.717, 1.165) is 44.1 Å². The van der Waals surface area contributed by atoms with E-state index in [1.165, 1.54) is 22.7 Å². The predicted octanol–water partition coefficient (Wildman–Crippen LogP) is 2.86. The summed E-state index contributed by atoms with van der Waals surface area (Å²) in [7, 11) is -3.33. The maximum absolute atomic E-state index is 12.9. The molecule has 0 radical (unpaired) electrons. The smallest absolute Gasteiger partial charge is 0.221 e. The number of carbonyl (C=O) groups is 1. The highest BCUT2D eigenvalue weighted by atomic mass is 32.2. The van der Waals surface area contributed by atoms with Gasteiger partial charge in [0.2, 0.25) is 15.9 Å². The summed E-state index contributed by atoms with van der Waals surface area (Å²) in [6.07, 6.45) is 8.14. The maximum atomic E-state index is 12.9. The number of rotatable bonds is 8. The van der Waals surface area contributed by atoms with Crippen molar-refractivity contribution >= 4 is 15.9 Å². The topological polar surface area (TPSA) is 66.5 Å². The van der Waals surface area contributed by atoms with E-state index in [1.807, 2.05) is 0 Å². The lowest BCUT2D eigenvalue weighted by atomic mass is 10.1. The van der Waals surface area contributed by atoms with Crippen molar-refractivity contribution in [2.24, 2.45) is 0 Å². The van der Waals surface area contributed by atoms with E-state index in [0.29, 0.717) is 13.0 Å². The van der Waals surface area contributed by atoms with E-state index >= 15 is 0 Å². The van der Waals surface area contributed by atoms with Crippen molar-refractivity contribution in [3.05, 3.63) is 35.6 Å². The minimum atomic E-state index is -3.33. The molecule has 1 saturated carbocycles. The van der Waals surface area contributed by atoms with E-state index in [-0.39, 0.29) is 30.7 Å². The molecule has 1 aliphatic rings. The molecule has 5 nitrogen and oxygen atoms in total. The molecule has 1 aromatic rings. The van der Waals surface area contributed by atoms with Gasteiger partial charge < -0.3 is 5.32 Å². The van der Waals surface area contributed by atoms with Crippen molar-refractivity contribution in [3.8, 4) is 0 Å². The summed E-state index contributed by atoms with van der Waals surface area (Å²) in [5.41, 5.74) is 0.947. The minimum Gasteiger partial charge on any atom is -0.356 e. The Hall–Kier alpha value is -1.47. The molecule has 7 heteroatoms. The van der Waals surface area contributed by atoms with Gasteiger partial charge in [0.05, 0.1) is 6.26 Å². The first-order valence-corrected chi connectivity index (χ1v) is 11.2. The molecule has 0 spiro atoms. The summed E-state index contributed by atoms with van der Waals surface area (Å²) < 4.78 is 38.7. The molecule has 2 rings (SSSR count). The summed E-state index contributed by atoms with van der Waals surface area (Å²) in [5.74, 6) is -0.438. The molecule has 0 unspecified atom stereocenters. The van der Waals surface area contributed by atoms with E-state index in [9.17, 15) is 17.6 Å². The van der Waals surface area contributed by atoms with Crippen LogP contribution in [0.1, 0.15) is 50.5 Å². The van der Waals surface area contributed by atoms with Gasteiger partial charge in [-0.3, -0.25) is 4.79 Å². The number of nitrogens with one attached hydrogen (secondary N) is 1. The number of nitrogens with zero attached hydrogens (tertiary/aromatic N) is 1. The van der Waals surface area contributed by atoms with Crippen molar-refractivity contribution < 1.29 is 17.6 Å². The van der Waals surface area contributed by atoms with Crippen LogP contribution in [0.25, 0.3) is 0 Å². The van der Waals surface area contributed by atoms with Crippen molar-refractivity contribution in [2.75, 3.05) is 19.3 Å². The Morgan fingerprint density at radius 2 is 1.77 bits per heavy atom. The van der Waals surface area contributed by atoms with Crippen molar-refractivity contribution in [1.82, 2.24) is 9.62 Å². The number of hydrogen-bond acceptors (Lipinski definition) is 3. The van der Waals surface area contributed by atoms with Crippen molar-refractivity contribution in [2.45, 2.75) is 57.4 Å². The SMILES string of the molecule is CS(=O)(=O)N(CCC(=O)NCCc1ccc(F)cc1)C1CCCCCC1. The second-order valence-corrected chi connectivity index (χ2v) is 8.93. The molecular weight excluding hydrogens is 355 g/mol. The number of halogens is 1. The summed E-state index contributed by atoms with van der Waals surface area (Å²) in [6, 6.07) is 6.19. The van der Waals surface area contributed by atoms with Gasteiger partial charge >= 0.3 is 0 Å². The summed E-state index contributed by atoms with van der Waals surface area (Å²) >= 11 is 0. The lowest BCUT2D eigenvalue weighted by Gasteiger charge is -2.28. The van der Waals surface area contributed by atoms with E-state index in [1.54, 1.807) is 12.1 Å². The third kappa shape index (κ3) is 7.03. The highest BCUT2D eigenvalue weighted by molar-refractivity contribution is 7.88. The van der Waals surface area contributed by atoms with Gasteiger partial charge in [-0.25, -0.2) is 12.8 Å². The molecule has 0 atom stereocenters. The lowest BCUT2D eigenvalue weighted by molar-refractivity contribution is -0.121. The fourth-order valence-corrected chi connectivity index (χ4v) is 4.64. The van der Waals surface area contributed by atoms with Gasteiger partial charge in [0.1, 0.15) is 5.82 Å². The Labute approximate surface area is 156 Å². The second-order valence-electron chi connectivity index (χ2n) is 7.00. The third-order valence-corrected chi connectivity index (χ3v) is 6.20. The Bertz CT molecular complexity index is 669. The molecular formula is C19H29FN2O3S. The lowest BCUT2D eigenvalue weighted by Crippen LogP contribution is -2.41. The number of carbonyl (C=O) groups excluding carboxylic acids is 1. The molecule has 0 bridgehead atoms. The zero-order valence-electron chi connectivity index (χ0n) is 15.4. The quantitative estimate of drug-likeness (QED) is 0.701. The molecule has 0 saturated heterocycles. The normalized spacial score (nSPS) is 16.4. The standard InChI is InChI=1S/C19H29FN2O3S/c1-26(24,25)22(18-6-4-2-3-5-7-18)15-13-19(23)21-14-12-16-8-10-17(20)11-9-16/h8-11,18H,2-7,12-15H2,1H3,(H,21,23). The molecule has 1 N–H and O–H groups in total. The predicted molar refractivity (Wildman–Crippen MR) is 101 cm³/mol. The molecule has 26 heavy (non-hydrogen) atoms. The number of sulfonamides is 1. The Balaban J connectivity index is 1.79. The van der Waals surface area contributed by atoms with Gasteiger partial charge in [0, 0.05) is 25.6 Å². The molecule has 0 aliphatic heterocycles. The molecule has 0 aromatic heterocycles. The highest BCUT2D eigenvalue weighted by Crippen LogP contribution is 2.23. The third-order valence-electron chi connectivity index (χ3n) is 4.87. The van der Waals surface area contributed by atoms with Crippen LogP contribution in [0.5, 0.6) is 0 Å². The first-order valence-electron chi connectivity index (χ1n) is 9.34. The van der Waals surface area contributed by atoms with Crippen LogP contribution in [0.2, 0.25) is 0 Å². The fraction of sp³-hybridized carbons (Fsp3) is 0.632. The Kier molecular flexibility index (Phi) is 8.03.